The van der Waals surface area contributed by atoms with Crippen LogP contribution in [0.25, 0.3) is 0 Å². The number of esters is 1. The minimum Gasteiger partial charge on any atom is -0.507 e. The Balaban J connectivity index is 3.07. The topological polar surface area (TPSA) is 72.5 Å². The highest BCUT2D eigenvalue weighted by molar-refractivity contribution is 5.78. The molecule has 0 aliphatic carbocycles. The van der Waals surface area contributed by atoms with E-state index in [0.29, 0.717) is 11.1 Å². The van der Waals surface area contributed by atoms with Crippen molar-refractivity contribution in [2.45, 2.75) is 13.0 Å². The summed E-state index contributed by atoms with van der Waals surface area (Å²) in [6.45, 7) is 1.74. The average Bonchev–Trinajstić information content (AvgIpc) is 2.20. The monoisotopic (exact) mass is 195 g/mol. The van der Waals surface area contributed by atoms with E-state index in [1.807, 2.05) is 0 Å². The summed E-state index contributed by atoms with van der Waals surface area (Å²) >= 11 is 0. The zero-order chi connectivity index (χ0) is 10.7. The SMILES string of the molecule is COC(=O)[C@H](N)c1cccc(C)c1O. The first-order valence-electron chi connectivity index (χ1n) is 4.19. The van der Waals surface area contributed by atoms with Gasteiger partial charge in [0, 0.05) is 5.56 Å². The number of carbonyl (C=O) groups excluding carboxylic acids is 1. The Morgan fingerprint density at radius 1 is 1.57 bits per heavy atom. The minimum atomic E-state index is -0.931. The maximum absolute atomic E-state index is 11.1. The molecule has 0 unspecified atom stereocenters. The average molecular weight is 195 g/mol. The summed E-state index contributed by atoms with van der Waals surface area (Å²) in [5.74, 6) is -0.517. The fourth-order valence-corrected chi connectivity index (χ4v) is 1.19. The Bertz CT molecular complexity index is 349. The van der Waals surface area contributed by atoms with Gasteiger partial charge in [-0.1, -0.05) is 18.2 Å². The number of rotatable bonds is 2. The van der Waals surface area contributed by atoms with Crippen LogP contribution in [0.4, 0.5) is 0 Å². The van der Waals surface area contributed by atoms with Gasteiger partial charge >= 0.3 is 5.97 Å². The van der Waals surface area contributed by atoms with Gasteiger partial charge in [0.2, 0.25) is 0 Å². The molecule has 1 atom stereocenters. The van der Waals surface area contributed by atoms with Crippen LogP contribution < -0.4 is 5.73 Å². The maximum atomic E-state index is 11.1. The number of hydrogen-bond acceptors (Lipinski definition) is 4. The predicted molar refractivity (Wildman–Crippen MR) is 51.8 cm³/mol. The van der Waals surface area contributed by atoms with Crippen LogP contribution in [0.1, 0.15) is 17.2 Å². The lowest BCUT2D eigenvalue weighted by atomic mass is 10.0. The van der Waals surface area contributed by atoms with Gasteiger partial charge in [-0.25, -0.2) is 0 Å². The molecule has 3 N–H and O–H groups in total. The van der Waals surface area contributed by atoms with Crippen molar-refractivity contribution < 1.29 is 14.6 Å². The van der Waals surface area contributed by atoms with Crippen molar-refractivity contribution in [2.24, 2.45) is 5.73 Å². The highest BCUT2D eigenvalue weighted by atomic mass is 16.5. The number of carbonyl (C=O) groups is 1. The molecule has 1 aromatic rings. The molecule has 14 heavy (non-hydrogen) atoms. The fraction of sp³-hybridized carbons (Fsp3) is 0.300. The molecule has 0 aliphatic heterocycles. The summed E-state index contributed by atoms with van der Waals surface area (Å²) in [5.41, 5.74) is 6.65. The first-order valence-corrected chi connectivity index (χ1v) is 4.19. The van der Waals surface area contributed by atoms with Gasteiger partial charge in [-0.3, -0.25) is 4.79 Å². The van der Waals surface area contributed by atoms with E-state index in [2.05, 4.69) is 4.74 Å². The van der Waals surface area contributed by atoms with Gasteiger partial charge in [0.25, 0.3) is 0 Å². The highest BCUT2D eigenvalue weighted by Gasteiger charge is 2.19. The van der Waals surface area contributed by atoms with E-state index < -0.39 is 12.0 Å². The molecule has 4 nitrogen and oxygen atoms in total. The van der Waals surface area contributed by atoms with Crippen LogP contribution >= 0.6 is 0 Å². The van der Waals surface area contributed by atoms with Crippen molar-refractivity contribution in [1.82, 2.24) is 0 Å². The fourth-order valence-electron chi connectivity index (χ4n) is 1.19. The second-order valence-electron chi connectivity index (χ2n) is 3.01. The lowest BCUT2D eigenvalue weighted by molar-refractivity contribution is -0.142. The van der Waals surface area contributed by atoms with Crippen molar-refractivity contribution in [2.75, 3.05) is 7.11 Å². The van der Waals surface area contributed by atoms with E-state index in [4.69, 9.17) is 5.73 Å². The van der Waals surface area contributed by atoms with Gasteiger partial charge in [0.1, 0.15) is 11.8 Å². The molecule has 0 radical (unpaired) electrons. The molecule has 0 saturated carbocycles. The van der Waals surface area contributed by atoms with Crippen molar-refractivity contribution in [1.29, 1.82) is 0 Å². The van der Waals surface area contributed by atoms with E-state index in [-0.39, 0.29) is 5.75 Å². The van der Waals surface area contributed by atoms with E-state index in [9.17, 15) is 9.90 Å². The van der Waals surface area contributed by atoms with E-state index in [1.165, 1.54) is 7.11 Å². The molecule has 0 amide bonds. The number of aryl methyl sites for hydroxylation is 1. The first-order chi connectivity index (χ1) is 6.57. The Kier molecular flexibility index (Phi) is 3.09. The first kappa shape index (κ1) is 10.5. The molecule has 4 heteroatoms. The van der Waals surface area contributed by atoms with Gasteiger partial charge in [0.15, 0.2) is 0 Å². The molecular formula is C10H13NO3. The van der Waals surface area contributed by atoms with Gasteiger partial charge < -0.3 is 15.6 Å². The molecule has 0 aromatic heterocycles. The Morgan fingerprint density at radius 3 is 2.79 bits per heavy atom. The zero-order valence-electron chi connectivity index (χ0n) is 8.15. The molecule has 76 valence electrons. The molecule has 0 fully saturated rings. The second-order valence-corrected chi connectivity index (χ2v) is 3.01. The van der Waals surface area contributed by atoms with Crippen LogP contribution in [0.5, 0.6) is 5.75 Å². The van der Waals surface area contributed by atoms with E-state index in [1.54, 1.807) is 25.1 Å². The van der Waals surface area contributed by atoms with E-state index in [0.717, 1.165) is 0 Å². The third-order valence-corrected chi connectivity index (χ3v) is 2.06. The standard InChI is InChI=1S/C10H13NO3/c1-6-4-3-5-7(9(6)12)8(11)10(13)14-2/h3-5,8,12H,11H2,1-2H3/t8-/m1/s1. The number of ether oxygens (including phenoxy) is 1. The summed E-state index contributed by atoms with van der Waals surface area (Å²) in [6.07, 6.45) is 0. The summed E-state index contributed by atoms with van der Waals surface area (Å²) in [5, 5.41) is 9.62. The number of para-hydroxylation sites is 1. The van der Waals surface area contributed by atoms with Crippen LogP contribution in [0.3, 0.4) is 0 Å². The summed E-state index contributed by atoms with van der Waals surface area (Å²) in [6, 6.07) is 4.14. The number of hydrogen-bond donors (Lipinski definition) is 2. The number of phenols is 1. The summed E-state index contributed by atoms with van der Waals surface area (Å²) in [4.78, 5) is 11.1. The number of methoxy groups -OCH3 is 1. The highest BCUT2D eigenvalue weighted by Crippen LogP contribution is 2.26. The third-order valence-electron chi connectivity index (χ3n) is 2.06. The smallest absolute Gasteiger partial charge is 0.327 e. The van der Waals surface area contributed by atoms with Crippen molar-refractivity contribution in [3.63, 3.8) is 0 Å². The lowest BCUT2D eigenvalue weighted by Gasteiger charge is -2.12. The summed E-state index contributed by atoms with van der Waals surface area (Å²) < 4.78 is 4.49. The molecule has 0 saturated heterocycles. The van der Waals surface area contributed by atoms with E-state index >= 15 is 0 Å². The van der Waals surface area contributed by atoms with Gasteiger partial charge in [0.05, 0.1) is 7.11 Å². The summed E-state index contributed by atoms with van der Waals surface area (Å²) in [7, 11) is 1.26. The Labute approximate surface area is 82.3 Å². The lowest BCUT2D eigenvalue weighted by Crippen LogP contribution is -2.22. The molecule has 1 rings (SSSR count). The largest absolute Gasteiger partial charge is 0.507 e. The number of benzene rings is 1. The molecule has 0 heterocycles. The van der Waals surface area contributed by atoms with Crippen molar-refractivity contribution in [3.05, 3.63) is 29.3 Å². The zero-order valence-corrected chi connectivity index (χ0v) is 8.15. The van der Waals surface area contributed by atoms with Gasteiger partial charge in [-0.05, 0) is 12.5 Å². The molecule has 1 aromatic carbocycles. The van der Waals surface area contributed by atoms with Crippen molar-refractivity contribution >= 4 is 5.97 Å². The molecular weight excluding hydrogens is 182 g/mol. The second kappa shape index (κ2) is 4.11. The predicted octanol–water partition coefficient (Wildman–Crippen LogP) is 0.873. The maximum Gasteiger partial charge on any atom is 0.327 e. The van der Waals surface area contributed by atoms with Crippen LogP contribution in [-0.2, 0) is 9.53 Å². The number of aromatic hydroxyl groups is 1. The Morgan fingerprint density at radius 2 is 2.21 bits per heavy atom. The van der Waals surface area contributed by atoms with Crippen molar-refractivity contribution in [3.8, 4) is 5.75 Å². The molecule has 0 aliphatic rings. The number of phenolic OH excluding ortho intramolecular Hbond substituents is 1. The normalized spacial score (nSPS) is 12.2. The Hall–Kier alpha value is -1.55. The van der Waals surface area contributed by atoms with Gasteiger partial charge in [-0.2, -0.15) is 0 Å². The number of nitrogens with two attached hydrogens (primary N) is 1. The quantitative estimate of drug-likeness (QED) is 0.687. The molecule has 0 spiro atoms. The van der Waals surface area contributed by atoms with Crippen LogP contribution in [0.2, 0.25) is 0 Å². The van der Waals surface area contributed by atoms with Crippen LogP contribution in [0.15, 0.2) is 18.2 Å². The molecule has 0 bridgehead atoms. The van der Waals surface area contributed by atoms with Gasteiger partial charge in [-0.15, -0.1) is 0 Å². The third kappa shape index (κ3) is 1.85. The minimum absolute atomic E-state index is 0.0467. The van der Waals surface area contributed by atoms with Crippen LogP contribution in [0, 0.1) is 6.92 Å². The van der Waals surface area contributed by atoms with Crippen LogP contribution in [-0.4, -0.2) is 18.2 Å².